The van der Waals surface area contributed by atoms with Crippen molar-refractivity contribution in [2.45, 2.75) is 38.1 Å². The molecule has 1 amide bonds. The number of benzene rings is 1. The first-order valence-corrected chi connectivity index (χ1v) is 6.74. The molecule has 1 aliphatic rings. The van der Waals surface area contributed by atoms with Gasteiger partial charge in [0.2, 0.25) is 5.91 Å². The van der Waals surface area contributed by atoms with Crippen LogP contribution in [0.15, 0.2) is 30.3 Å². The van der Waals surface area contributed by atoms with Crippen molar-refractivity contribution in [3.63, 3.8) is 0 Å². The molecular weight excluding hydrogens is 242 g/mol. The highest BCUT2D eigenvalue weighted by atomic mass is 16.4. The molecule has 4 nitrogen and oxygen atoms in total. The number of hydrogen-bond donors (Lipinski definition) is 1. The van der Waals surface area contributed by atoms with E-state index in [4.69, 9.17) is 5.11 Å². The van der Waals surface area contributed by atoms with Crippen LogP contribution in [0.25, 0.3) is 0 Å². The van der Waals surface area contributed by atoms with E-state index in [2.05, 4.69) is 0 Å². The molecule has 1 aromatic carbocycles. The van der Waals surface area contributed by atoms with Crippen LogP contribution in [0.3, 0.4) is 0 Å². The number of hydrogen-bond acceptors (Lipinski definition) is 2. The summed E-state index contributed by atoms with van der Waals surface area (Å²) in [6.45, 7) is 0.574. The molecular formula is C15H19NO3. The number of piperidine rings is 1. The van der Waals surface area contributed by atoms with Gasteiger partial charge in [-0.15, -0.1) is 0 Å². The van der Waals surface area contributed by atoms with Crippen LogP contribution in [0.4, 0.5) is 0 Å². The smallest absolute Gasteiger partial charge is 0.326 e. The molecule has 1 saturated heterocycles. The first kappa shape index (κ1) is 13.6. The number of carbonyl (C=O) groups excluding carboxylic acids is 1. The normalized spacial score (nSPS) is 19.2. The highest BCUT2D eigenvalue weighted by Gasteiger charge is 2.31. The Morgan fingerprint density at radius 1 is 1.21 bits per heavy atom. The topological polar surface area (TPSA) is 57.6 Å². The molecule has 0 aromatic heterocycles. The standard InChI is InChI=1S/C15H19NO3/c17-14(10-9-12-6-2-1-3-7-12)16-11-5-4-8-13(16)15(18)19/h1-3,6-7,13H,4-5,8-11H2,(H,18,19). The van der Waals surface area contributed by atoms with E-state index in [0.29, 0.717) is 25.8 Å². The Labute approximate surface area is 113 Å². The summed E-state index contributed by atoms with van der Waals surface area (Å²) in [4.78, 5) is 24.8. The number of rotatable bonds is 4. The molecule has 0 aliphatic carbocycles. The van der Waals surface area contributed by atoms with Gasteiger partial charge < -0.3 is 10.0 Å². The lowest BCUT2D eigenvalue weighted by Gasteiger charge is -2.33. The summed E-state index contributed by atoms with van der Waals surface area (Å²) < 4.78 is 0. The van der Waals surface area contributed by atoms with Crippen molar-refractivity contribution in [2.24, 2.45) is 0 Å². The number of aryl methyl sites for hydroxylation is 1. The van der Waals surface area contributed by atoms with Gasteiger partial charge in [0.15, 0.2) is 0 Å². The number of likely N-dealkylation sites (tertiary alicyclic amines) is 1. The molecule has 2 rings (SSSR count). The summed E-state index contributed by atoms with van der Waals surface area (Å²) in [6, 6.07) is 9.17. The second-order valence-corrected chi connectivity index (χ2v) is 4.92. The molecule has 0 spiro atoms. The third-order valence-corrected chi connectivity index (χ3v) is 3.58. The predicted molar refractivity (Wildman–Crippen MR) is 71.8 cm³/mol. The van der Waals surface area contributed by atoms with E-state index in [1.54, 1.807) is 0 Å². The maximum absolute atomic E-state index is 12.1. The maximum atomic E-state index is 12.1. The number of carboxylic acid groups (broad SMARTS) is 1. The molecule has 4 heteroatoms. The molecule has 0 bridgehead atoms. The highest BCUT2D eigenvalue weighted by molar-refractivity contribution is 5.84. The lowest BCUT2D eigenvalue weighted by molar-refractivity contribution is -0.152. The van der Waals surface area contributed by atoms with Crippen molar-refractivity contribution in [3.05, 3.63) is 35.9 Å². The van der Waals surface area contributed by atoms with E-state index in [-0.39, 0.29) is 5.91 Å². The molecule has 1 heterocycles. The SMILES string of the molecule is O=C(O)C1CCCCN1C(=O)CCc1ccccc1. The van der Waals surface area contributed by atoms with Crippen molar-refractivity contribution in [1.29, 1.82) is 0 Å². The van der Waals surface area contributed by atoms with Crippen molar-refractivity contribution >= 4 is 11.9 Å². The lowest BCUT2D eigenvalue weighted by atomic mass is 10.0. The molecule has 1 unspecified atom stereocenters. The van der Waals surface area contributed by atoms with E-state index < -0.39 is 12.0 Å². The monoisotopic (exact) mass is 261 g/mol. The molecule has 1 fully saturated rings. The van der Waals surface area contributed by atoms with Crippen LogP contribution in [-0.4, -0.2) is 34.5 Å². The summed E-state index contributed by atoms with van der Waals surface area (Å²) in [5.74, 6) is -0.927. The van der Waals surface area contributed by atoms with Gasteiger partial charge in [0.1, 0.15) is 6.04 Å². The largest absolute Gasteiger partial charge is 0.480 e. The van der Waals surface area contributed by atoms with Gasteiger partial charge in [-0.05, 0) is 31.2 Å². The second kappa shape index (κ2) is 6.36. The van der Waals surface area contributed by atoms with E-state index in [9.17, 15) is 9.59 Å². The van der Waals surface area contributed by atoms with Crippen LogP contribution in [0.5, 0.6) is 0 Å². The van der Waals surface area contributed by atoms with Crippen molar-refractivity contribution in [3.8, 4) is 0 Å². The average Bonchev–Trinajstić information content (AvgIpc) is 2.46. The van der Waals surface area contributed by atoms with Crippen molar-refractivity contribution in [1.82, 2.24) is 4.90 Å². The Kier molecular flexibility index (Phi) is 4.55. The number of carbonyl (C=O) groups is 2. The van der Waals surface area contributed by atoms with Crippen LogP contribution >= 0.6 is 0 Å². The first-order chi connectivity index (χ1) is 9.18. The minimum absolute atomic E-state index is 0.0454. The Bertz CT molecular complexity index is 444. The van der Waals surface area contributed by atoms with E-state index in [1.807, 2.05) is 30.3 Å². The number of carboxylic acids is 1. The van der Waals surface area contributed by atoms with Crippen LogP contribution in [0, 0.1) is 0 Å². The summed E-state index contributed by atoms with van der Waals surface area (Å²) in [5, 5.41) is 9.15. The lowest BCUT2D eigenvalue weighted by Crippen LogP contribution is -2.48. The molecule has 0 saturated carbocycles. The van der Waals surface area contributed by atoms with E-state index in [1.165, 1.54) is 4.90 Å². The number of amides is 1. The third kappa shape index (κ3) is 3.56. The van der Waals surface area contributed by atoms with Gasteiger partial charge in [-0.2, -0.15) is 0 Å². The van der Waals surface area contributed by atoms with Crippen molar-refractivity contribution in [2.75, 3.05) is 6.54 Å². The minimum atomic E-state index is -0.882. The molecule has 1 aromatic rings. The number of aliphatic carboxylic acids is 1. The second-order valence-electron chi connectivity index (χ2n) is 4.92. The molecule has 19 heavy (non-hydrogen) atoms. The fraction of sp³-hybridized carbons (Fsp3) is 0.467. The van der Waals surface area contributed by atoms with Gasteiger partial charge in [0.05, 0.1) is 0 Å². The molecule has 1 atom stereocenters. The van der Waals surface area contributed by atoms with Gasteiger partial charge in [-0.1, -0.05) is 30.3 Å². The van der Waals surface area contributed by atoms with Gasteiger partial charge in [-0.25, -0.2) is 4.79 Å². The van der Waals surface area contributed by atoms with Crippen molar-refractivity contribution < 1.29 is 14.7 Å². The summed E-state index contributed by atoms with van der Waals surface area (Å²) in [7, 11) is 0. The first-order valence-electron chi connectivity index (χ1n) is 6.74. The molecule has 1 N–H and O–H groups in total. The highest BCUT2D eigenvalue weighted by Crippen LogP contribution is 2.18. The Hall–Kier alpha value is -1.84. The fourth-order valence-corrected chi connectivity index (χ4v) is 2.53. The summed E-state index contributed by atoms with van der Waals surface area (Å²) in [6.07, 6.45) is 3.42. The molecule has 102 valence electrons. The van der Waals surface area contributed by atoms with Crippen LogP contribution in [0.1, 0.15) is 31.2 Å². The van der Waals surface area contributed by atoms with Gasteiger partial charge in [0.25, 0.3) is 0 Å². The Morgan fingerprint density at radius 2 is 1.95 bits per heavy atom. The van der Waals surface area contributed by atoms with Crippen LogP contribution in [-0.2, 0) is 16.0 Å². The zero-order valence-electron chi connectivity index (χ0n) is 10.9. The van der Waals surface area contributed by atoms with Gasteiger partial charge in [0, 0.05) is 13.0 Å². The fourth-order valence-electron chi connectivity index (χ4n) is 2.53. The summed E-state index contributed by atoms with van der Waals surface area (Å²) >= 11 is 0. The summed E-state index contributed by atoms with van der Waals surface area (Å²) in [5.41, 5.74) is 1.11. The van der Waals surface area contributed by atoms with E-state index >= 15 is 0 Å². The minimum Gasteiger partial charge on any atom is -0.480 e. The Morgan fingerprint density at radius 3 is 2.63 bits per heavy atom. The average molecular weight is 261 g/mol. The van der Waals surface area contributed by atoms with Gasteiger partial charge >= 0.3 is 5.97 Å². The predicted octanol–water partition coefficient (Wildman–Crippen LogP) is 2.08. The Balaban J connectivity index is 1.93. The molecule has 0 radical (unpaired) electrons. The third-order valence-electron chi connectivity index (χ3n) is 3.58. The van der Waals surface area contributed by atoms with E-state index in [0.717, 1.165) is 18.4 Å². The van der Waals surface area contributed by atoms with Crippen LogP contribution in [0.2, 0.25) is 0 Å². The zero-order valence-corrected chi connectivity index (χ0v) is 10.9. The zero-order chi connectivity index (χ0) is 13.7. The van der Waals surface area contributed by atoms with Gasteiger partial charge in [-0.3, -0.25) is 4.79 Å². The molecule has 1 aliphatic heterocycles. The van der Waals surface area contributed by atoms with Crippen LogP contribution < -0.4 is 0 Å². The number of nitrogens with zero attached hydrogens (tertiary/aromatic N) is 1. The quantitative estimate of drug-likeness (QED) is 0.902. The maximum Gasteiger partial charge on any atom is 0.326 e.